The molecule has 0 aliphatic carbocycles. The molecule has 0 N–H and O–H groups in total. The normalized spacial score (nSPS) is 12.1. The molecule has 4 heteroatoms. The van der Waals surface area contributed by atoms with E-state index in [1.807, 2.05) is 30.3 Å². The molecule has 0 saturated carbocycles. The van der Waals surface area contributed by atoms with Crippen molar-refractivity contribution >= 4 is 32.7 Å². The van der Waals surface area contributed by atoms with Crippen molar-refractivity contribution in [1.82, 2.24) is 15.0 Å². The molecule has 0 spiro atoms. The summed E-state index contributed by atoms with van der Waals surface area (Å²) in [7, 11) is 0. The summed E-state index contributed by atoms with van der Waals surface area (Å²) in [6.45, 7) is 6.40. The minimum absolute atomic E-state index is 0.233. The van der Waals surface area contributed by atoms with Crippen LogP contribution < -0.4 is 0 Å². The van der Waals surface area contributed by atoms with Gasteiger partial charge >= 0.3 is 0 Å². The van der Waals surface area contributed by atoms with Crippen LogP contribution >= 0.6 is 0 Å². The van der Waals surface area contributed by atoms with Gasteiger partial charge in [0.05, 0.1) is 0 Å². The van der Waals surface area contributed by atoms with Gasteiger partial charge in [-0.15, -0.1) is 0 Å². The molecule has 6 rings (SSSR count). The van der Waals surface area contributed by atoms with Gasteiger partial charge in [-0.25, -0.2) is 15.0 Å². The lowest BCUT2D eigenvalue weighted by Gasteiger charge is -2.18. The summed E-state index contributed by atoms with van der Waals surface area (Å²) in [5.41, 5.74) is 3.42. The topological polar surface area (TPSA) is 51.8 Å². The largest absolute Gasteiger partial charge is 0.456 e. The summed E-state index contributed by atoms with van der Waals surface area (Å²) in [6.07, 6.45) is 0. The Morgan fingerprint density at radius 3 is 2.00 bits per heavy atom. The van der Waals surface area contributed by atoms with E-state index in [1.54, 1.807) is 0 Å². The average molecular weight is 430 g/mol. The molecule has 0 atom stereocenters. The number of benzene rings is 4. The Balaban J connectivity index is 1.67. The van der Waals surface area contributed by atoms with E-state index < -0.39 is 0 Å². The van der Waals surface area contributed by atoms with E-state index in [1.165, 1.54) is 0 Å². The highest BCUT2D eigenvalue weighted by Gasteiger charge is 2.23. The first-order valence-corrected chi connectivity index (χ1v) is 11.1. The molecular formula is C29H23N3O. The minimum Gasteiger partial charge on any atom is -0.456 e. The van der Waals surface area contributed by atoms with Gasteiger partial charge in [-0.3, -0.25) is 0 Å². The fraction of sp³-hybridized carbons (Fsp3) is 0.138. The molecule has 0 radical (unpaired) electrons. The van der Waals surface area contributed by atoms with E-state index in [4.69, 9.17) is 19.4 Å². The van der Waals surface area contributed by atoms with Crippen LogP contribution in [-0.4, -0.2) is 15.0 Å². The van der Waals surface area contributed by atoms with Crippen molar-refractivity contribution in [3.8, 4) is 22.8 Å². The van der Waals surface area contributed by atoms with Crippen molar-refractivity contribution in [2.75, 3.05) is 0 Å². The smallest absolute Gasteiger partial charge is 0.164 e. The Bertz CT molecular complexity index is 1650. The van der Waals surface area contributed by atoms with E-state index in [2.05, 4.69) is 75.4 Å². The molecule has 33 heavy (non-hydrogen) atoms. The average Bonchev–Trinajstić information content (AvgIpc) is 3.22. The second-order valence-electron chi connectivity index (χ2n) is 9.36. The van der Waals surface area contributed by atoms with Crippen molar-refractivity contribution in [2.45, 2.75) is 26.2 Å². The predicted octanol–water partition coefficient (Wildman–Crippen LogP) is 7.56. The molecule has 0 unspecified atom stereocenters. The second kappa shape index (κ2) is 7.24. The monoisotopic (exact) mass is 429 g/mol. The standard InChI is InChI=1S/C29H23N3O/c1-29(2,3)28-31-26(20-14-8-11-18-10-4-5-12-19(18)20)30-27(32-28)22-15-9-17-24-25(22)21-13-6-7-16-23(21)33-24/h4-17H,1-3H3. The number of fused-ring (bicyclic) bond motifs is 4. The Kier molecular flexibility index (Phi) is 4.31. The molecule has 0 aliphatic rings. The van der Waals surface area contributed by atoms with E-state index in [0.717, 1.165) is 49.7 Å². The zero-order chi connectivity index (χ0) is 22.6. The van der Waals surface area contributed by atoms with E-state index >= 15 is 0 Å². The van der Waals surface area contributed by atoms with Crippen molar-refractivity contribution < 1.29 is 4.42 Å². The lowest BCUT2D eigenvalue weighted by atomic mass is 9.95. The SMILES string of the molecule is CC(C)(C)c1nc(-c2cccc3ccccc23)nc(-c2cccc3oc4ccccc4c23)n1. The zero-order valence-electron chi connectivity index (χ0n) is 18.8. The Morgan fingerprint density at radius 1 is 0.576 bits per heavy atom. The van der Waals surface area contributed by atoms with E-state index in [9.17, 15) is 0 Å². The molecule has 2 aromatic heterocycles. The summed E-state index contributed by atoms with van der Waals surface area (Å²) in [4.78, 5) is 14.9. The molecule has 0 saturated heterocycles. The van der Waals surface area contributed by atoms with Crippen LogP contribution in [0.15, 0.2) is 89.3 Å². The second-order valence-corrected chi connectivity index (χ2v) is 9.36. The number of para-hydroxylation sites is 1. The van der Waals surface area contributed by atoms with Crippen LogP contribution in [-0.2, 0) is 5.41 Å². The Morgan fingerprint density at radius 2 is 1.18 bits per heavy atom. The minimum atomic E-state index is -0.233. The number of nitrogens with zero attached hydrogens (tertiary/aromatic N) is 3. The lowest BCUT2D eigenvalue weighted by molar-refractivity contribution is 0.544. The highest BCUT2D eigenvalue weighted by Crippen LogP contribution is 2.37. The van der Waals surface area contributed by atoms with Gasteiger partial charge in [-0.2, -0.15) is 0 Å². The van der Waals surface area contributed by atoms with Crippen LogP contribution in [0.25, 0.3) is 55.5 Å². The van der Waals surface area contributed by atoms with Crippen LogP contribution in [0.4, 0.5) is 0 Å². The first-order chi connectivity index (χ1) is 16.0. The maximum Gasteiger partial charge on any atom is 0.164 e. The van der Waals surface area contributed by atoms with Crippen LogP contribution in [0.1, 0.15) is 26.6 Å². The third-order valence-electron chi connectivity index (χ3n) is 5.98. The van der Waals surface area contributed by atoms with Gasteiger partial charge in [0.1, 0.15) is 17.0 Å². The van der Waals surface area contributed by atoms with Gasteiger partial charge in [-0.1, -0.05) is 93.6 Å². The van der Waals surface area contributed by atoms with Crippen molar-refractivity contribution in [3.05, 3.63) is 90.8 Å². The molecule has 4 nitrogen and oxygen atoms in total. The third-order valence-corrected chi connectivity index (χ3v) is 5.98. The van der Waals surface area contributed by atoms with Gasteiger partial charge in [0.25, 0.3) is 0 Å². The molecule has 160 valence electrons. The Hall–Kier alpha value is -4.05. The predicted molar refractivity (Wildman–Crippen MR) is 134 cm³/mol. The highest BCUT2D eigenvalue weighted by atomic mass is 16.3. The van der Waals surface area contributed by atoms with Crippen LogP contribution in [0.5, 0.6) is 0 Å². The summed E-state index contributed by atoms with van der Waals surface area (Å²) in [6, 6.07) is 28.8. The summed E-state index contributed by atoms with van der Waals surface area (Å²) >= 11 is 0. The van der Waals surface area contributed by atoms with Crippen LogP contribution in [0, 0.1) is 0 Å². The fourth-order valence-electron chi connectivity index (χ4n) is 4.33. The Labute approximate surface area is 192 Å². The molecule has 6 aromatic rings. The van der Waals surface area contributed by atoms with E-state index in [-0.39, 0.29) is 5.41 Å². The van der Waals surface area contributed by atoms with Gasteiger partial charge in [0.2, 0.25) is 0 Å². The number of rotatable bonds is 2. The molecular weight excluding hydrogens is 406 g/mol. The fourth-order valence-corrected chi connectivity index (χ4v) is 4.33. The van der Waals surface area contributed by atoms with Gasteiger partial charge in [0, 0.05) is 27.3 Å². The zero-order valence-corrected chi connectivity index (χ0v) is 18.8. The highest BCUT2D eigenvalue weighted by molar-refractivity contribution is 6.11. The summed E-state index contributed by atoms with van der Waals surface area (Å²) in [5.74, 6) is 2.11. The third kappa shape index (κ3) is 3.26. The van der Waals surface area contributed by atoms with Gasteiger partial charge in [0.15, 0.2) is 11.6 Å². The molecule has 0 amide bonds. The van der Waals surface area contributed by atoms with Gasteiger partial charge in [-0.05, 0) is 22.9 Å². The maximum atomic E-state index is 6.11. The number of hydrogen-bond donors (Lipinski definition) is 0. The van der Waals surface area contributed by atoms with Crippen LogP contribution in [0.2, 0.25) is 0 Å². The van der Waals surface area contributed by atoms with Crippen molar-refractivity contribution in [2.24, 2.45) is 0 Å². The number of aromatic nitrogens is 3. The molecule has 4 aromatic carbocycles. The first-order valence-electron chi connectivity index (χ1n) is 11.1. The summed E-state index contributed by atoms with van der Waals surface area (Å²) < 4.78 is 6.11. The summed E-state index contributed by atoms with van der Waals surface area (Å²) in [5, 5.41) is 4.39. The number of furan rings is 1. The number of hydrogen-bond acceptors (Lipinski definition) is 4. The lowest BCUT2D eigenvalue weighted by Crippen LogP contribution is -2.18. The first kappa shape index (κ1) is 19.6. The quantitative estimate of drug-likeness (QED) is 0.285. The van der Waals surface area contributed by atoms with E-state index in [0.29, 0.717) is 11.6 Å². The molecule has 2 heterocycles. The maximum absolute atomic E-state index is 6.11. The molecule has 0 bridgehead atoms. The van der Waals surface area contributed by atoms with Crippen LogP contribution in [0.3, 0.4) is 0 Å². The molecule has 0 fully saturated rings. The van der Waals surface area contributed by atoms with Crippen molar-refractivity contribution in [3.63, 3.8) is 0 Å². The van der Waals surface area contributed by atoms with Crippen molar-refractivity contribution in [1.29, 1.82) is 0 Å². The molecule has 0 aliphatic heterocycles. The van der Waals surface area contributed by atoms with Gasteiger partial charge < -0.3 is 4.42 Å².